The molecule has 0 spiro atoms. The van der Waals surface area contributed by atoms with Crippen molar-refractivity contribution in [2.24, 2.45) is 0 Å². The summed E-state index contributed by atoms with van der Waals surface area (Å²) >= 11 is 3.41. The van der Waals surface area contributed by atoms with Gasteiger partial charge in [0.1, 0.15) is 17.0 Å². The molecule has 0 aliphatic rings. The van der Waals surface area contributed by atoms with Gasteiger partial charge in [-0.25, -0.2) is 4.98 Å². The molecule has 1 aromatic heterocycles. The van der Waals surface area contributed by atoms with E-state index < -0.39 is 0 Å². The number of nitrogens with two attached hydrogens (primary N) is 1. The zero-order chi connectivity index (χ0) is 14.3. The van der Waals surface area contributed by atoms with E-state index in [-0.39, 0.29) is 5.75 Å². The predicted octanol–water partition coefficient (Wildman–Crippen LogP) is 3.55. The number of nitrogens with zero attached hydrogens (tertiary/aromatic N) is 1. The summed E-state index contributed by atoms with van der Waals surface area (Å²) < 4.78 is 11.6. The number of fused-ring (bicyclic) bond motifs is 1. The summed E-state index contributed by atoms with van der Waals surface area (Å²) in [4.78, 5) is 4.36. The quantitative estimate of drug-likeness (QED) is 0.553. The molecule has 0 saturated heterocycles. The molecule has 0 amide bonds. The number of oxazole rings is 1. The Morgan fingerprint density at radius 3 is 2.85 bits per heavy atom. The van der Waals surface area contributed by atoms with Crippen molar-refractivity contribution >= 4 is 32.7 Å². The van der Waals surface area contributed by atoms with Crippen molar-refractivity contribution in [2.75, 3.05) is 12.8 Å². The third kappa shape index (κ3) is 2.08. The Morgan fingerprint density at radius 1 is 1.30 bits per heavy atom. The first-order valence-electron chi connectivity index (χ1n) is 5.81. The molecule has 20 heavy (non-hydrogen) atoms. The molecule has 1 heterocycles. The first-order valence-corrected chi connectivity index (χ1v) is 6.60. The van der Waals surface area contributed by atoms with Crippen LogP contribution in [0.3, 0.4) is 0 Å². The lowest BCUT2D eigenvalue weighted by molar-refractivity contribution is 0.415. The lowest BCUT2D eigenvalue weighted by atomic mass is 10.2. The van der Waals surface area contributed by atoms with Gasteiger partial charge in [-0.05, 0) is 40.2 Å². The first kappa shape index (κ1) is 12.8. The fourth-order valence-electron chi connectivity index (χ4n) is 1.93. The summed E-state index contributed by atoms with van der Waals surface area (Å²) in [6.07, 6.45) is 0. The number of halogens is 1. The van der Waals surface area contributed by atoms with Gasteiger partial charge in [0.25, 0.3) is 0 Å². The van der Waals surface area contributed by atoms with E-state index in [1.165, 1.54) is 6.07 Å². The minimum atomic E-state index is 0.0637. The molecule has 0 fully saturated rings. The number of hydrogen-bond donors (Lipinski definition) is 2. The second-order valence-electron chi connectivity index (χ2n) is 4.25. The molecule has 3 aromatic rings. The molecule has 0 aliphatic heterocycles. The summed E-state index contributed by atoms with van der Waals surface area (Å²) in [5.41, 5.74) is 7.92. The monoisotopic (exact) mass is 334 g/mol. The number of phenolic OH excluding ortho intramolecular Hbond substituents is 1. The Kier molecular flexibility index (Phi) is 3.02. The van der Waals surface area contributed by atoms with Gasteiger partial charge in [-0.3, -0.25) is 0 Å². The van der Waals surface area contributed by atoms with Crippen molar-refractivity contribution in [1.29, 1.82) is 0 Å². The maximum absolute atomic E-state index is 9.89. The minimum Gasteiger partial charge on any atom is -0.507 e. The third-order valence-electron chi connectivity index (χ3n) is 2.90. The molecule has 3 rings (SSSR count). The van der Waals surface area contributed by atoms with E-state index in [2.05, 4.69) is 20.9 Å². The van der Waals surface area contributed by atoms with Crippen LogP contribution < -0.4 is 10.5 Å². The first-order chi connectivity index (χ1) is 9.58. The lowest BCUT2D eigenvalue weighted by Gasteiger charge is -2.00. The molecule has 3 N–H and O–H groups in total. The number of benzene rings is 2. The van der Waals surface area contributed by atoms with E-state index in [0.29, 0.717) is 34.0 Å². The summed E-state index contributed by atoms with van der Waals surface area (Å²) in [7, 11) is 1.58. The van der Waals surface area contributed by atoms with Gasteiger partial charge in [0.2, 0.25) is 5.89 Å². The molecule has 0 atom stereocenters. The number of aromatic hydroxyl groups is 1. The standard InChI is InChI=1S/C14H11BrN2O3/c1-19-8-5-10(15)13-11(6-8)17-14(20-13)9-4-7(16)2-3-12(9)18/h2-6,18H,16H2,1H3. The lowest BCUT2D eigenvalue weighted by Crippen LogP contribution is -1.86. The van der Waals surface area contributed by atoms with Crippen molar-refractivity contribution in [2.45, 2.75) is 0 Å². The largest absolute Gasteiger partial charge is 0.507 e. The molecule has 2 aromatic carbocycles. The maximum Gasteiger partial charge on any atom is 0.231 e. The minimum absolute atomic E-state index is 0.0637. The van der Waals surface area contributed by atoms with Gasteiger partial charge in [-0.2, -0.15) is 0 Å². The highest BCUT2D eigenvalue weighted by atomic mass is 79.9. The van der Waals surface area contributed by atoms with Crippen LogP contribution in [0.5, 0.6) is 11.5 Å². The van der Waals surface area contributed by atoms with Crippen LogP contribution in [-0.4, -0.2) is 17.2 Å². The van der Waals surface area contributed by atoms with Crippen LogP contribution in [0.1, 0.15) is 0 Å². The number of aromatic nitrogens is 1. The molecule has 0 aliphatic carbocycles. The molecule has 0 unspecified atom stereocenters. The van der Waals surface area contributed by atoms with Crippen molar-refractivity contribution in [3.63, 3.8) is 0 Å². The molecule has 6 heteroatoms. The Labute approximate surface area is 123 Å². The Morgan fingerprint density at radius 2 is 2.10 bits per heavy atom. The van der Waals surface area contributed by atoms with Gasteiger partial charge in [0, 0.05) is 11.8 Å². The normalized spacial score (nSPS) is 10.9. The molecule has 102 valence electrons. The van der Waals surface area contributed by atoms with Crippen molar-refractivity contribution in [1.82, 2.24) is 4.98 Å². The van der Waals surface area contributed by atoms with Gasteiger partial charge in [-0.1, -0.05) is 0 Å². The smallest absolute Gasteiger partial charge is 0.231 e. The number of phenols is 1. The zero-order valence-corrected chi connectivity index (χ0v) is 12.1. The van der Waals surface area contributed by atoms with Crippen LogP contribution in [0.2, 0.25) is 0 Å². The van der Waals surface area contributed by atoms with E-state index in [1.807, 2.05) is 0 Å². The number of rotatable bonds is 2. The molecule has 0 saturated carbocycles. The average molecular weight is 335 g/mol. The highest BCUT2D eigenvalue weighted by Gasteiger charge is 2.15. The fraction of sp³-hybridized carbons (Fsp3) is 0.0714. The van der Waals surface area contributed by atoms with Crippen LogP contribution in [0.4, 0.5) is 5.69 Å². The topological polar surface area (TPSA) is 81.5 Å². The summed E-state index contributed by atoms with van der Waals surface area (Å²) in [5, 5.41) is 9.89. The summed E-state index contributed by atoms with van der Waals surface area (Å²) in [5.74, 6) is 1.04. The number of nitrogen functional groups attached to an aromatic ring is 1. The van der Waals surface area contributed by atoms with Gasteiger partial charge in [-0.15, -0.1) is 0 Å². The zero-order valence-electron chi connectivity index (χ0n) is 10.6. The molecular weight excluding hydrogens is 324 g/mol. The van der Waals surface area contributed by atoms with Crippen molar-refractivity contribution < 1.29 is 14.3 Å². The Bertz CT molecular complexity index is 798. The number of anilines is 1. The summed E-state index contributed by atoms with van der Waals surface area (Å²) in [6, 6.07) is 8.29. The Hall–Kier alpha value is -2.21. The average Bonchev–Trinajstić information content (AvgIpc) is 2.85. The third-order valence-corrected chi connectivity index (χ3v) is 3.49. The Balaban J connectivity index is 2.22. The van der Waals surface area contributed by atoms with Crippen LogP contribution in [0, 0.1) is 0 Å². The molecular formula is C14H11BrN2O3. The maximum atomic E-state index is 9.89. The predicted molar refractivity (Wildman–Crippen MR) is 79.8 cm³/mol. The van der Waals surface area contributed by atoms with Gasteiger partial charge < -0.3 is 20.0 Å². The molecule has 0 bridgehead atoms. The van der Waals surface area contributed by atoms with E-state index in [1.54, 1.807) is 31.4 Å². The summed E-state index contributed by atoms with van der Waals surface area (Å²) in [6.45, 7) is 0. The fourth-order valence-corrected chi connectivity index (χ4v) is 2.44. The van der Waals surface area contributed by atoms with Crippen molar-refractivity contribution in [3.8, 4) is 23.0 Å². The highest BCUT2D eigenvalue weighted by molar-refractivity contribution is 9.10. The highest BCUT2D eigenvalue weighted by Crippen LogP contribution is 2.36. The van der Waals surface area contributed by atoms with Gasteiger partial charge in [0.15, 0.2) is 5.58 Å². The van der Waals surface area contributed by atoms with E-state index in [4.69, 9.17) is 14.9 Å². The number of hydrogen-bond acceptors (Lipinski definition) is 5. The number of methoxy groups -OCH3 is 1. The molecule has 5 nitrogen and oxygen atoms in total. The van der Waals surface area contributed by atoms with Crippen LogP contribution >= 0.6 is 15.9 Å². The van der Waals surface area contributed by atoms with E-state index in [0.717, 1.165) is 4.47 Å². The SMILES string of the molecule is COc1cc(Br)c2oc(-c3cc(N)ccc3O)nc2c1. The van der Waals surface area contributed by atoms with Crippen molar-refractivity contribution in [3.05, 3.63) is 34.8 Å². The van der Waals surface area contributed by atoms with Crippen LogP contribution in [-0.2, 0) is 0 Å². The van der Waals surface area contributed by atoms with Gasteiger partial charge in [0.05, 0.1) is 17.1 Å². The van der Waals surface area contributed by atoms with Gasteiger partial charge >= 0.3 is 0 Å². The second kappa shape index (κ2) is 4.72. The molecule has 0 radical (unpaired) electrons. The van der Waals surface area contributed by atoms with E-state index >= 15 is 0 Å². The van der Waals surface area contributed by atoms with E-state index in [9.17, 15) is 5.11 Å². The number of ether oxygens (including phenoxy) is 1. The van der Waals surface area contributed by atoms with Crippen LogP contribution in [0.15, 0.2) is 39.2 Å². The second-order valence-corrected chi connectivity index (χ2v) is 5.11. The van der Waals surface area contributed by atoms with Crippen LogP contribution in [0.25, 0.3) is 22.6 Å².